The van der Waals surface area contributed by atoms with Crippen LogP contribution in [-0.2, 0) is 4.74 Å². The van der Waals surface area contributed by atoms with Crippen molar-refractivity contribution in [2.45, 2.75) is 39.7 Å². The minimum absolute atomic E-state index is 0.129. The van der Waals surface area contributed by atoms with Gasteiger partial charge in [-0.2, -0.15) is 0 Å². The van der Waals surface area contributed by atoms with Crippen molar-refractivity contribution in [1.29, 1.82) is 0 Å². The lowest BCUT2D eigenvalue weighted by atomic mass is 9.97. The summed E-state index contributed by atoms with van der Waals surface area (Å²) < 4.78 is 30.2. The van der Waals surface area contributed by atoms with Gasteiger partial charge in [0.25, 0.3) is 6.43 Å². The number of nitrogens with one attached hydrogen (secondary N) is 1. The van der Waals surface area contributed by atoms with E-state index in [-0.39, 0.29) is 6.04 Å². The first-order valence-electron chi connectivity index (χ1n) is 6.81. The van der Waals surface area contributed by atoms with Crippen molar-refractivity contribution in [2.75, 3.05) is 19.8 Å². The van der Waals surface area contributed by atoms with Crippen molar-refractivity contribution < 1.29 is 13.5 Å². The molecule has 0 radical (unpaired) electrons. The zero-order valence-corrected chi connectivity index (χ0v) is 13.8. The number of benzene rings is 1. The maximum absolute atomic E-state index is 12.0. The van der Waals surface area contributed by atoms with Gasteiger partial charge < -0.3 is 10.1 Å². The average molecular weight is 350 g/mol. The summed E-state index contributed by atoms with van der Waals surface area (Å²) >= 11 is 3.52. The molecular weight excluding hydrogens is 328 g/mol. The Morgan fingerprint density at radius 2 is 1.95 bits per heavy atom. The highest BCUT2D eigenvalue weighted by Gasteiger charge is 2.14. The third kappa shape index (κ3) is 5.46. The molecule has 0 spiro atoms. The highest BCUT2D eigenvalue weighted by molar-refractivity contribution is 9.10. The van der Waals surface area contributed by atoms with E-state index in [0.29, 0.717) is 13.0 Å². The van der Waals surface area contributed by atoms with Crippen molar-refractivity contribution in [2.24, 2.45) is 0 Å². The lowest BCUT2D eigenvalue weighted by molar-refractivity contribution is 0.0144. The Morgan fingerprint density at radius 1 is 1.25 bits per heavy atom. The number of aryl methyl sites for hydroxylation is 2. The smallest absolute Gasteiger partial charge is 0.261 e. The highest BCUT2D eigenvalue weighted by Crippen LogP contribution is 2.27. The Bertz CT molecular complexity index is 427. The van der Waals surface area contributed by atoms with E-state index in [4.69, 9.17) is 4.74 Å². The summed E-state index contributed by atoms with van der Waals surface area (Å²) in [4.78, 5) is 0. The monoisotopic (exact) mass is 349 g/mol. The van der Waals surface area contributed by atoms with Gasteiger partial charge in [0.05, 0.1) is 0 Å². The molecule has 1 aromatic carbocycles. The van der Waals surface area contributed by atoms with Gasteiger partial charge in [0, 0.05) is 17.1 Å². The van der Waals surface area contributed by atoms with Gasteiger partial charge in [0.2, 0.25) is 0 Å². The molecule has 0 bridgehead atoms. The maximum atomic E-state index is 12.0. The van der Waals surface area contributed by atoms with Crippen LogP contribution in [0.4, 0.5) is 8.78 Å². The quantitative estimate of drug-likeness (QED) is 0.702. The van der Waals surface area contributed by atoms with E-state index in [1.807, 2.05) is 13.8 Å². The molecule has 0 aliphatic rings. The van der Waals surface area contributed by atoms with Crippen LogP contribution in [0.3, 0.4) is 0 Å². The van der Waals surface area contributed by atoms with Crippen molar-refractivity contribution >= 4 is 15.9 Å². The molecule has 0 heterocycles. The van der Waals surface area contributed by atoms with Crippen LogP contribution in [0.15, 0.2) is 16.6 Å². The van der Waals surface area contributed by atoms with Crippen LogP contribution in [0.5, 0.6) is 0 Å². The van der Waals surface area contributed by atoms with Gasteiger partial charge >= 0.3 is 0 Å². The molecule has 0 aromatic heterocycles. The molecule has 0 fully saturated rings. The molecule has 20 heavy (non-hydrogen) atoms. The van der Waals surface area contributed by atoms with E-state index >= 15 is 0 Å². The summed E-state index contributed by atoms with van der Waals surface area (Å²) in [6.45, 7) is 6.81. The van der Waals surface area contributed by atoms with Gasteiger partial charge in [-0.25, -0.2) is 8.78 Å². The summed E-state index contributed by atoms with van der Waals surface area (Å²) in [6.07, 6.45) is -1.72. The number of hydrogen-bond acceptors (Lipinski definition) is 2. The van der Waals surface area contributed by atoms with Crippen LogP contribution in [0.1, 0.15) is 36.1 Å². The van der Waals surface area contributed by atoms with Gasteiger partial charge in [0.15, 0.2) is 0 Å². The summed E-state index contributed by atoms with van der Waals surface area (Å²) in [5.41, 5.74) is 3.55. The lowest BCUT2D eigenvalue weighted by Crippen LogP contribution is -2.23. The average Bonchev–Trinajstić information content (AvgIpc) is 2.37. The lowest BCUT2D eigenvalue weighted by Gasteiger charge is -2.21. The van der Waals surface area contributed by atoms with Crippen LogP contribution in [0.2, 0.25) is 0 Å². The molecule has 2 nitrogen and oxygen atoms in total. The molecule has 1 rings (SSSR count). The van der Waals surface area contributed by atoms with Crippen molar-refractivity contribution in [3.8, 4) is 0 Å². The normalized spacial score (nSPS) is 12.9. The first-order chi connectivity index (χ1) is 9.45. The molecular formula is C15H22BrF2NO. The first kappa shape index (κ1) is 17.5. The van der Waals surface area contributed by atoms with E-state index in [1.54, 1.807) is 0 Å². The fourth-order valence-electron chi connectivity index (χ4n) is 2.17. The largest absolute Gasteiger partial charge is 0.375 e. The molecule has 5 heteroatoms. The molecule has 114 valence electrons. The second-order valence-corrected chi connectivity index (χ2v) is 5.68. The van der Waals surface area contributed by atoms with E-state index in [9.17, 15) is 8.78 Å². The van der Waals surface area contributed by atoms with Crippen LogP contribution in [-0.4, -0.2) is 26.2 Å². The van der Waals surface area contributed by atoms with Crippen molar-refractivity contribution in [1.82, 2.24) is 5.32 Å². The fourth-order valence-corrected chi connectivity index (χ4v) is 2.62. The molecule has 0 saturated heterocycles. The molecule has 0 aliphatic carbocycles. The van der Waals surface area contributed by atoms with E-state index in [1.165, 1.54) is 16.7 Å². The van der Waals surface area contributed by atoms with Gasteiger partial charge in [-0.1, -0.05) is 28.9 Å². The number of halogens is 3. The van der Waals surface area contributed by atoms with Gasteiger partial charge in [0.1, 0.15) is 6.61 Å². The number of hydrogen-bond donors (Lipinski definition) is 1. The minimum Gasteiger partial charge on any atom is -0.375 e. The molecule has 0 aliphatic heterocycles. The van der Waals surface area contributed by atoms with E-state index in [2.05, 4.69) is 40.3 Å². The molecule has 1 unspecified atom stereocenters. The Balaban J connectivity index is 2.72. The van der Waals surface area contributed by atoms with Crippen LogP contribution >= 0.6 is 15.9 Å². The maximum Gasteiger partial charge on any atom is 0.261 e. The summed E-state index contributed by atoms with van der Waals surface area (Å²) in [7, 11) is 0. The zero-order chi connectivity index (χ0) is 15.1. The van der Waals surface area contributed by atoms with Crippen LogP contribution < -0.4 is 5.32 Å². The van der Waals surface area contributed by atoms with Gasteiger partial charge in [-0.05, 0) is 49.6 Å². The van der Waals surface area contributed by atoms with Crippen LogP contribution in [0, 0.1) is 13.8 Å². The Labute approximate surface area is 128 Å². The second kappa shape index (κ2) is 8.70. The number of ether oxygens (including phenoxy) is 1. The fraction of sp³-hybridized carbons (Fsp3) is 0.600. The minimum atomic E-state index is -2.40. The number of alkyl halides is 2. The Kier molecular flexibility index (Phi) is 7.62. The molecule has 1 atom stereocenters. The predicted molar refractivity (Wildman–Crippen MR) is 81.5 cm³/mol. The Morgan fingerprint density at radius 3 is 2.55 bits per heavy atom. The van der Waals surface area contributed by atoms with E-state index < -0.39 is 13.0 Å². The van der Waals surface area contributed by atoms with Crippen LogP contribution in [0.25, 0.3) is 0 Å². The topological polar surface area (TPSA) is 21.3 Å². The van der Waals surface area contributed by atoms with Crippen molar-refractivity contribution in [3.05, 3.63) is 33.3 Å². The zero-order valence-electron chi connectivity index (χ0n) is 12.2. The second-order valence-electron chi connectivity index (χ2n) is 4.82. The summed E-state index contributed by atoms with van der Waals surface area (Å²) in [5.74, 6) is 0. The molecule has 0 saturated carbocycles. The summed E-state index contributed by atoms with van der Waals surface area (Å²) in [5, 5.41) is 3.39. The van der Waals surface area contributed by atoms with E-state index in [0.717, 1.165) is 11.0 Å². The molecule has 1 aromatic rings. The Hall–Kier alpha value is -0.520. The number of rotatable bonds is 8. The summed E-state index contributed by atoms with van der Waals surface area (Å²) in [6, 6.07) is 4.36. The SMILES string of the molecule is CCNC(CCOCC(F)F)c1cc(C)c(Br)cc1C. The van der Waals surface area contributed by atoms with Gasteiger partial charge in [-0.3, -0.25) is 0 Å². The highest BCUT2D eigenvalue weighted by atomic mass is 79.9. The molecule has 0 amide bonds. The molecule has 1 N–H and O–H groups in total. The third-order valence-corrected chi connectivity index (χ3v) is 4.02. The third-order valence-electron chi connectivity index (χ3n) is 3.17. The van der Waals surface area contributed by atoms with Gasteiger partial charge in [-0.15, -0.1) is 0 Å². The predicted octanol–water partition coefficient (Wildman–Crippen LogP) is 4.39. The first-order valence-corrected chi connectivity index (χ1v) is 7.60. The standard InChI is InChI=1S/C15H22BrF2NO/c1-4-19-14(5-6-20-9-15(17)18)12-7-11(3)13(16)8-10(12)2/h7-8,14-15,19H,4-6,9H2,1-3H3. The van der Waals surface area contributed by atoms with Crippen molar-refractivity contribution in [3.63, 3.8) is 0 Å².